The molecule has 1 heterocycles. The Bertz CT molecular complexity index is 1160. The second-order valence-corrected chi connectivity index (χ2v) is 16.6. The van der Waals surface area contributed by atoms with Gasteiger partial charge in [0.25, 0.3) is 0 Å². The van der Waals surface area contributed by atoms with Crippen LogP contribution in [0.2, 0.25) is 0 Å². The molecule has 1 aliphatic heterocycles. The van der Waals surface area contributed by atoms with E-state index in [4.69, 9.17) is 9.57 Å². The number of unbranched alkanes of at least 4 members (excludes halogenated alkanes) is 30. The van der Waals surface area contributed by atoms with Crippen LogP contribution in [0.1, 0.15) is 241 Å². The molecular weight excluding hydrogens is 663 g/mol. The lowest BCUT2D eigenvalue weighted by molar-refractivity contribution is -0.111. The first-order valence-electron chi connectivity index (χ1n) is 23.6. The topological polar surface area (TPSA) is 38.8 Å². The minimum atomic E-state index is -0.247. The number of benzene rings is 2. The number of hydrogen-bond acceptors (Lipinski definition) is 4. The number of para-hydroxylation sites is 1. The fourth-order valence-electron chi connectivity index (χ4n) is 8.14. The third-order valence-corrected chi connectivity index (χ3v) is 11.6. The van der Waals surface area contributed by atoms with Gasteiger partial charge in [0.1, 0.15) is 11.5 Å². The molecule has 2 aromatic rings. The fourth-order valence-corrected chi connectivity index (χ4v) is 8.14. The number of hydrogen-bond donors (Lipinski definition) is 0. The third kappa shape index (κ3) is 21.1. The van der Waals surface area contributed by atoms with E-state index in [0.717, 1.165) is 48.6 Å². The van der Waals surface area contributed by atoms with E-state index in [0.29, 0.717) is 12.0 Å². The molecule has 4 heteroatoms. The van der Waals surface area contributed by atoms with E-state index in [1.54, 1.807) is 0 Å². The van der Waals surface area contributed by atoms with E-state index in [1.807, 2.05) is 41.5 Å². The predicted molar refractivity (Wildman–Crippen MR) is 232 cm³/mol. The zero-order valence-electron chi connectivity index (χ0n) is 35.5. The zero-order valence-corrected chi connectivity index (χ0v) is 35.5. The molecular formula is C50H83NO3. The van der Waals surface area contributed by atoms with Crippen LogP contribution in [0.3, 0.4) is 0 Å². The molecule has 0 N–H and O–H groups in total. The van der Waals surface area contributed by atoms with Gasteiger partial charge in [0.15, 0.2) is 0 Å². The summed E-state index contributed by atoms with van der Waals surface area (Å²) in [7, 11) is 0. The van der Waals surface area contributed by atoms with Gasteiger partial charge >= 0.3 is 5.97 Å². The summed E-state index contributed by atoms with van der Waals surface area (Å²) in [6, 6.07) is 13.9. The maximum atomic E-state index is 13.7. The van der Waals surface area contributed by atoms with Crippen molar-refractivity contribution in [2.75, 3.05) is 13.1 Å². The van der Waals surface area contributed by atoms with Gasteiger partial charge in [-0.25, -0.2) is 4.79 Å². The highest BCUT2D eigenvalue weighted by Gasteiger charge is 2.24. The van der Waals surface area contributed by atoms with Crippen molar-refractivity contribution in [2.24, 2.45) is 0 Å². The molecule has 1 aliphatic rings. The molecule has 0 unspecified atom stereocenters. The number of nitrogens with zero attached hydrogens (tertiary/aromatic N) is 1. The van der Waals surface area contributed by atoms with Gasteiger partial charge < -0.3 is 9.57 Å². The van der Waals surface area contributed by atoms with Crippen LogP contribution in [0.4, 0.5) is 0 Å². The van der Waals surface area contributed by atoms with Crippen LogP contribution in [0.5, 0.6) is 11.5 Å². The summed E-state index contributed by atoms with van der Waals surface area (Å²) in [5, 5.41) is 1.98. The molecule has 3 rings (SSSR count). The van der Waals surface area contributed by atoms with Crippen LogP contribution < -0.4 is 4.74 Å². The normalized spacial score (nSPS) is 12.1. The Hall–Kier alpha value is -2.33. The minimum absolute atomic E-state index is 0.247. The van der Waals surface area contributed by atoms with Crippen molar-refractivity contribution in [1.29, 1.82) is 0 Å². The highest BCUT2D eigenvalue weighted by atomic mass is 16.7. The number of ether oxygens (including phenoxy) is 1. The van der Waals surface area contributed by atoms with Crippen molar-refractivity contribution in [3.05, 3.63) is 59.2 Å². The maximum Gasteiger partial charge on any atom is 0.357 e. The summed E-state index contributed by atoms with van der Waals surface area (Å²) in [6.45, 7) is 6.22. The second-order valence-electron chi connectivity index (χ2n) is 16.6. The highest BCUT2D eigenvalue weighted by molar-refractivity contribution is 5.92. The molecule has 0 aliphatic carbocycles. The molecule has 0 saturated heterocycles. The van der Waals surface area contributed by atoms with Crippen molar-refractivity contribution in [3.8, 4) is 11.5 Å². The standard InChI is InChI=1S/C50H83NO3/c1-3-5-7-9-11-13-15-17-19-21-23-25-27-29-31-35-42-51(43-36-32-30-28-26-24-22-20-18-16-14-12-10-8-6-4-2)54-50(52)46-39-37-41-49-47(46)44-45-38-33-34-40-48(45)53-49/h33-34,37-41H,3-32,35-36,42-44H2,1-2H3. The van der Waals surface area contributed by atoms with E-state index in [9.17, 15) is 4.79 Å². The average molecular weight is 746 g/mol. The average Bonchev–Trinajstić information content (AvgIpc) is 3.19. The molecule has 0 bridgehead atoms. The van der Waals surface area contributed by atoms with Gasteiger partial charge in [-0.1, -0.05) is 231 Å². The van der Waals surface area contributed by atoms with Crippen molar-refractivity contribution >= 4 is 5.97 Å². The van der Waals surface area contributed by atoms with Crippen LogP contribution >= 0.6 is 0 Å². The second kappa shape index (κ2) is 31.8. The lowest BCUT2D eigenvalue weighted by atomic mass is 9.96. The van der Waals surface area contributed by atoms with Crippen molar-refractivity contribution < 1.29 is 14.4 Å². The van der Waals surface area contributed by atoms with Gasteiger partial charge in [-0.3, -0.25) is 0 Å². The Morgan fingerprint density at radius 2 is 0.852 bits per heavy atom. The molecule has 2 aromatic carbocycles. The molecule has 0 aromatic heterocycles. The molecule has 0 amide bonds. The summed E-state index contributed by atoms with van der Waals surface area (Å²) in [4.78, 5) is 19.8. The largest absolute Gasteiger partial charge is 0.457 e. The monoisotopic (exact) mass is 746 g/mol. The quantitative estimate of drug-likeness (QED) is 0.0439. The van der Waals surface area contributed by atoms with Crippen LogP contribution in [0.15, 0.2) is 42.5 Å². The molecule has 4 nitrogen and oxygen atoms in total. The summed E-state index contributed by atoms with van der Waals surface area (Å²) < 4.78 is 6.18. The van der Waals surface area contributed by atoms with E-state index in [2.05, 4.69) is 19.9 Å². The smallest absolute Gasteiger partial charge is 0.357 e. The number of hydroxylamine groups is 2. The summed E-state index contributed by atoms with van der Waals surface area (Å²) in [5.41, 5.74) is 2.68. The minimum Gasteiger partial charge on any atom is -0.457 e. The SMILES string of the molecule is CCCCCCCCCCCCCCCCCCN(CCCCCCCCCCCCCCCCCC)OC(=O)c1cccc2c1Cc1ccccc1O2. The van der Waals surface area contributed by atoms with Gasteiger partial charge in [0.2, 0.25) is 0 Å². The maximum absolute atomic E-state index is 13.7. The van der Waals surface area contributed by atoms with Crippen LogP contribution in [-0.4, -0.2) is 24.1 Å². The van der Waals surface area contributed by atoms with E-state index in [1.165, 1.54) is 193 Å². The van der Waals surface area contributed by atoms with Gasteiger partial charge in [-0.05, 0) is 36.6 Å². The molecule has 0 atom stereocenters. The Balaban J connectivity index is 1.31. The molecule has 0 radical (unpaired) electrons. The Morgan fingerprint density at radius 1 is 0.481 bits per heavy atom. The summed E-state index contributed by atoms with van der Waals surface area (Å²) in [6.07, 6.45) is 44.3. The predicted octanol–water partition coefficient (Wildman–Crippen LogP) is 16.3. The first-order valence-corrected chi connectivity index (χ1v) is 23.6. The number of rotatable bonds is 36. The molecule has 0 spiro atoms. The van der Waals surface area contributed by atoms with Crippen LogP contribution in [-0.2, 0) is 11.3 Å². The lowest BCUT2D eigenvalue weighted by Gasteiger charge is -2.24. The van der Waals surface area contributed by atoms with Crippen LogP contribution in [0, 0.1) is 0 Å². The first-order chi connectivity index (χ1) is 26.7. The zero-order chi connectivity index (χ0) is 38.2. The molecule has 54 heavy (non-hydrogen) atoms. The lowest BCUT2D eigenvalue weighted by Crippen LogP contribution is -2.30. The first kappa shape index (κ1) is 46.1. The fraction of sp³-hybridized carbons (Fsp3) is 0.740. The van der Waals surface area contributed by atoms with Gasteiger partial charge in [0.05, 0.1) is 5.56 Å². The Kier molecular flexibility index (Phi) is 27.1. The van der Waals surface area contributed by atoms with Crippen LogP contribution in [0.25, 0.3) is 0 Å². The Morgan fingerprint density at radius 3 is 1.28 bits per heavy atom. The summed E-state index contributed by atoms with van der Waals surface area (Å²) >= 11 is 0. The number of carbonyl (C=O) groups excluding carboxylic acids is 1. The van der Waals surface area contributed by atoms with E-state index >= 15 is 0 Å². The third-order valence-electron chi connectivity index (χ3n) is 11.6. The van der Waals surface area contributed by atoms with Gasteiger partial charge in [-0.15, -0.1) is 5.06 Å². The van der Waals surface area contributed by atoms with Gasteiger partial charge in [-0.2, -0.15) is 0 Å². The molecule has 306 valence electrons. The highest BCUT2D eigenvalue weighted by Crippen LogP contribution is 2.38. The molecule has 0 saturated carbocycles. The van der Waals surface area contributed by atoms with Crippen molar-refractivity contribution in [2.45, 2.75) is 226 Å². The van der Waals surface area contributed by atoms with Crippen molar-refractivity contribution in [1.82, 2.24) is 5.06 Å². The van der Waals surface area contributed by atoms with Crippen molar-refractivity contribution in [3.63, 3.8) is 0 Å². The molecule has 0 fully saturated rings. The Labute approximate surface area is 333 Å². The number of fused-ring (bicyclic) bond motifs is 2. The van der Waals surface area contributed by atoms with E-state index in [-0.39, 0.29) is 5.97 Å². The number of carbonyl (C=O) groups is 1. The summed E-state index contributed by atoms with van der Waals surface area (Å²) in [5.74, 6) is 1.40. The van der Waals surface area contributed by atoms with E-state index < -0.39 is 0 Å². The van der Waals surface area contributed by atoms with Gasteiger partial charge in [0, 0.05) is 25.1 Å².